The van der Waals surface area contributed by atoms with E-state index >= 15 is 0 Å². The molecular formula is C28H22F8N8O3. The van der Waals surface area contributed by atoms with Crippen LogP contribution in [0.15, 0.2) is 50.9 Å². The number of rotatable bonds is 7. The van der Waals surface area contributed by atoms with Gasteiger partial charge in [0, 0.05) is 37.5 Å². The van der Waals surface area contributed by atoms with Crippen LogP contribution in [-0.2, 0) is 25.3 Å². The topological polar surface area (TPSA) is 158 Å². The zero-order valence-electron chi connectivity index (χ0n) is 23.8. The summed E-state index contributed by atoms with van der Waals surface area (Å²) < 4.78 is 111. The fourth-order valence-corrected chi connectivity index (χ4v) is 4.45. The average Bonchev–Trinajstić information content (AvgIpc) is 3.74. The molecule has 0 aliphatic heterocycles. The van der Waals surface area contributed by atoms with Crippen LogP contribution in [0.25, 0.3) is 22.2 Å². The van der Waals surface area contributed by atoms with Crippen LogP contribution in [0.2, 0.25) is 0 Å². The van der Waals surface area contributed by atoms with E-state index in [-0.39, 0.29) is 11.9 Å². The lowest BCUT2D eigenvalue weighted by Crippen LogP contribution is -2.24. The Hall–Kier alpha value is -5.23. The number of aromatic amines is 1. The van der Waals surface area contributed by atoms with Crippen LogP contribution < -0.4 is 16.9 Å². The number of hydrogen-bond acceptors (Lipinski definition) is 9. The van der Waals surface area contributed by atoms with Crippen LogP contribution in [0.5, 0.6) is 0 Å². The number of alkyl halides is 6. The number of nitrogens with zero attached hydrogens (tertiary/aromatic N) is 6. The Kier molecular flexibility index (Phi) is 9.08. The number of aryl methyl sites for hydroxylation is 2. The summed E-state index contributed by atoms with van der Waals surface area (Å²) in [5.41, 5.74) is -0.777. The summed E-state index contributed by atoms with van der Waals surface area (Å²) in [5.74, 6) is -1.68. The molecule has 5 aromatic rings. The second-order valence-electron chi connectivity index (χ2n) is 10.4. The van der Waals surface area contributed by atoms with E-state index in [0.29, 0.717) is 49.4 Å². The zero-order valence-corrected chi connectivity index (χ0v) is 23.8. The van der Waals surface area contributed by atoms with Gasteiger partial charge in [0.15, 0.2) is 17.5 Å². The number of nitrogen functional groups attached to an aromatic ring is 1. The minimum absolute atomic E-state index is 0.0853. The molecule has 6 rings (SSSR count). The molecule has 0 atom stereocenters. The number of aromatic nitrogens is 7. The van der Waals surface area contributed by atoms with Crippen molar-refractivity contribution in [3.63, 3.8) is 0 Å². The van der Waals surface area contributed by atoms with Crippen LogP contribution in [0, 0.1) is 11.6 Å². The number of fused-ring (bicyclic) bond motifs is 1. The van der Waals surface area contributed by atoms with Gasteiger partial charge >= 0.3 is 12.4 Å². The Morgan fingerprint density at radius 2 is 1.66 bits per heavy atom. The number of nitrogens with one attached hydrogen (secondary N) is 1. The summed E-state index contributed by atoms with van der Waals surface area (Å²) in [7, 11) is 0. The maximum atomic E-state index is 14.9. The minimum Gasteiger partial charge on any atom is -0.425 e. The van der Waals surface area contributed by atoms with E-state index < -0.39 is 68.7 Å². The third-order valence-corrected chi connectivity index (χ3v) is 6.98. The predicted molar refractivity (Wildman–Crippen MR) is 148 cm³/mol. The lowest BCUT2D eigenvalue weighted by molar-refractivity contribution is -0.138. The number of unbranched alkanes of at least 4 members (excludes halogenated alkanes) is 1. The maximum absolute atomic E-state index is 14.9. The molecular weight excluding hydrogens is 648 g/mol. The van der Waals surface area contributed by atoms with E-state index in [0.717, 1.165) is 25.1 Å². The van der Waals surface area contributed by atoms with Crippen molar-refractivity contribution in [3.05, 3.63) is 92.2 Å². The molecule has 0 radical (unpaired) electrons. The van der Waals surface area contributed by atoms with Crippen molar-refractivity contribution < 1.29 is 39.5 Å². The molecule has 1 aliphatic rings. The summed E-state index contributed by atoms with van der Waals surface area (Å²) in [5, 5.41) is 12.4. The molecule has 1 aliphatic carbocycles. The van der Waals surface area contributed by atoms with Gasteiger partial charge in [-0.05, 0) is 43.2 Å². The van der Waals surface area contributed by atoms with Crippen molar-refractivity contribution in [1.29, 1.82) is 0 Å². The summed E-state index contributed by atoms with van der Waals surface area (Å²) in [6.07, 6.45) is -2.35. The monoisotopic (exact) mass is 670 g/mol. The second-order valence-corrected chi connectivity index (χ2v) is 10.4. The smallest absolute Gasteiger partial charge is 0.423 e. The predicted octanol–water partition coefficient (Wildman–Crippen LogP) is 5.41. The van der Waals surface area contributed by atoms with Gasteiger partial charge in [-0.15, -0.1) is 10.2 Å². The molecule has 248 valence electrons. The highest BCUT2D eigenvalue weighted by Crippen LogP contribution is 2.39. The molecule has 4 heterocycles. The maximum Gasteiger partial charge on any atom is 0.423 e. The zero-order chi connectivity index (χ0) is 34.1. The number of hydrogen-bond donors (Lipinski definition) is 2. The van der Waals surface area contributed by atoms with Crippen LogP contribution in [0.4, 0.5) is 40.8 Å². The lowest BCUT2D eigenvalue weighted by atomic mass is 10.1. The van der Waals surface area contributed by atoms with Crippen molar-refractivity contribution in [2.24, 2.45) is 0 Å². The largest absolute Gasteiger partial charge is 0.425 e. The number of anilines is 1. The highest BCUT2D eigenvalue weighted by atomic mass is 19.4. The first-order chi connectivity index (χ1) is 22.1. The van der Waals surface area contributed by atoms with E-state index in [2.05, 4.69) is 25.3 Å². The van der Waals surface area contributed by atoms with Crippen LogP contribution in [0.1, 0.15) is 54.5 Å². The van der Waals surface area contributed by atoms with Crippen molar-refractivity contribution in [2.75, 3.05) is 5.73 Å². The molecule has 19 heteroatoms. The fourth-order valence-electron chi connectivity index (χ4n) is 4.45. The fraction of sp³-hybridized carbons (Fsp3) is 0.321. The third kappa shape index (κ3) is 7.44. The van der Waals surface area contributed by atoms with Gasteiger partial charge in [0.2, 0.25) is 11.8 Å². The average molecular weight is 671 g/mol. The van der Waals surface area contributed by atoms with E-state index in [1.165, 1.54) is 16.8 Å². The molecule has 11 nitrogen and oxygen atoms in total. The number of benzene rings is 1. The molecule has 1 aromatic carbocycles. The summed E-state index contributed by atoms with van der Waals surface area (Å²) >= 11 is 0. The second kappa shape index (κ2) is 12.9. The molecule has 0 saturated heterocycles. The van der Waals surface area contributed by atoms with Crippen LogP contribution >= 0.6 is 0 Å². The number of halogens is 8. The van der Waals surface area contributed by atoms with Gasteiger partial charge in [0.1, 0.15) is 5.56 Å². The molecule has 4 aromatic heterocycles. The summed E-state index contributed by atoms with van der Waals surface area (Å²) in [6.45, 7) is 0.267. The highest BCUT2D eigenvalue weighted by molar-refractivity contribution is 5.86. The Morgan fingerprint density at radius 3 is 2.26 bits per heavy atom. The molecule has 0 spiro atoms. The van der Waals surface area contributed by atoms with Crippen LogP contribution in [-0.4, -0.2) is 34.9 Å². The van der Waals surface area contributed by atoms with Crippen molar-refractivity contribution in [2.45, 2.75) is 56.9 Å². The first-order valence-corrected chi connectivity index (χ1v) is 13.8. The Balaban J connectivity index is 0.000000305. The highest BCUT2D eigenvalue weighted by Gasteiger charge is 2.36. The Bertz CT molecular complexity index is 2020. The number of pyridine rings is 1. The van der Waals surface area contributed by atoms with Gasteiger partial charge in [-0.3, -0.25) is 9.59 Å². The van der Waals surface area contributed by atoms with Gasteiger partial charge in [-0.2, -0.15) is 31.4 Å². The standard InChI is InChI=1S/C23H18F5N5O2.C5H4F3N3O/c24-18-15(20-29-10-14(11-30-20)23(26,27)28)9-13-6-8-33(22(34)17(13)19(18)25)7-2-1-3-16-31-32-21(35-16)12-4-5-12;6-5(7,8)3-2(9)1-10-11-4(3)12/h6,8-12H,1-5,7H2;1H,(H3,9,11,12). The molecule has 1 fully saturated rings. The van der Waals surface area contributed by atoms with Gasteiger partial charge in [0.05, 0.1) is 28.4 Å². The summed E-state index contributed by atoms with van der Waals surface area (Å²) in [4.78, 5) is 30.4. The Labute approximate surface area is 257 Å². The molecule has 0 unspecified atom stereocenters. The Morgan fingerprint density at radius 1 is 0.957 bits per heavy atom. The quantitative estimate of drug-likeness (QED) is 0.171. The van der Waals surface area contributed by atoms with Gasteiger partial charge in [-0.25, -0.2) is 23.8 Å². The third-order valence-electron chi connectivity index (χ3n) is 6.98. The van der Waals surface area contributed by atoms with E-state index in [1.54, 1.807) is 5.10 Å². The molecule has 0 amide bonds. The normalized spacial score (nSPS) is 13.4. The molecule has 3 N–H and O–H groups in total. The van der Waals surface area contributed by atoms with Crippen molar-refractivity contribution in [3.8, 4) is 11.4 Å². The van der Waals surface area contributed by atoms with Gasteiger partial charge in [0.25, 0.3) is 11.1 Å². The molecule has 1 saturated carbocycles. The number of H-pyrrole nitrogens is 1. The minimum atomic E-state index is -4.74. The summed E-state index contributed by atoms with van der Waals surface area (Å²) in [6, 6.07) is 2.59. The molecule has 47 heavy (non-hydrogen) atoms. The number of nitrogens with two attached hydrogens (primary N) is 1. The van der Waals surface area contributed by atoms with Gasteiger partial charge in [-0.1, -0.05) is 0 Å². The first-order valence-electron chi connectivity index (χ1n) is 13.8. The van der Waals surface area contributed by atoms with E-state index in [1.807, 2.05) is 0 Å². The van der Waals surface area contributed by atoms with E-state index in [9.17, 15) is 44.7 Å². The van der Waals surface area contributed by atoms with Crippen molar-refractivity contribution >= 4 is 16.5 Å². The molecule has 0 bridgehead atoms. The van der Waals surface area contributed by atoms with Crippen LogP contribution in [0.3, 0.4) is 0 Å². The first kappa shape index (κ1) is 33.1. The lowest BCUT2D eigenvalue weighted by Gasteiger charge is -2.11. The SMILES string of the molecule is Nc1cn[nH]c(=O)c1C(F)(F)F.O=c1c2c(F)c(F)c(-c3ncc(C(F)(F)F)cn3)cc2ccn1CCCCc1nnc(C2CC2)o1. The van der Waals surface area contributed by atoms with Crippen molar-refractivity contribution in [1.82, 2.24) is 34.9 Å². The van der Waals surface area contributed by atoms with Gasteiger partial charge < -0.3 is 14.7 Å². The van der Waals surface area contributed by atoms with E-state index in [4.69, 9.17) is 10.2 Å².